The third kappa shape index (κ3) is 1.89. The molecule has 0 saturated carbocycles. The quantitative estimate of drug-likeness (QED) is 0.545. The van der Waals surface area contributed by atoms with E-state index in [-0.39, 0.29) is 0 Å². The molecule has 0 aromatic rings. The van der Waals surface area contributed by atoms with Crippen LogP contribution in [0.5, 0.6) is 0 Å². The highest BCUT2D eigenvalue weighted by molar-refractivity contribution is 7.98. The molecule has 2 unspecified atom stereocenters. The minimum Gasteiger partial charge on any atom is -0.261 e. The molecule has 1 aliphatic rings. The van der Waals surface area contributed by atoms with Crippen LogP contribution in [0.2, 0.25) is 0 Å². The van der Waals surface area contributed by atoms with Crippen molar-refractivity contribution in [1.29, 1.82) is 0 Å². The molecule has 0 spiro atoms. The molecule has 60 valence electrons. The maximum absolute atomic E-state index is 3.39. The minimum atomic E-state index is 0.461. The summed E-state index contributed by atoms with van der Waals surface area (Å²) < 4.78 is 3.39. The predicted molar refractivity (Wildman–Crippen MR) is 48.0 cm³/mol. The van der Waals surface area contributed by atoms with Crippen LogP contribution in [0.3, 0.4) is 0 Å². The molecular formula is C8H17NS. The molecule has 0 amide bonds. The van der Waals surface area contributed by atoms with Gasteiger partial charge >= 0.3 is 0 Å². The smallest absolute Gasteiger partial charge is 0.0256 e. The van der Waals surface area contributed by atoms with Crippen LogP contribution in [0.1, 0.15) is 34.1 Å². The fraction of sp³-hybridized carbons (Fsp3) is 1.00. The van der Waals surface area contributed by atoms with E-state index in [1.54, 1.807) is 0 Å². The Morgan fingerprint density at radius 1 is 1.40 bits per heavy atom. The molecule has 10 heavy (non-hydrogen) atoms. The zero-order chi connectivity index (χ0) is 7.78. The summed E-state index contributed by atoms with van der Waals surface area (Å²) in [4.78, 5) is 0. The van der Waals surface area contributed by atoms with Gasteiger partial charge in [0.15, 0.2) is 0 Å². The zero-order valence-electron chi connectivity index (χ0n) is 7.27. The highest BCUT2D eigenvalue weighted by atomic mass is 32.2. The molecule has 1 saturated heterocycles. The first-order chi connectivity index (χ1) is 4.50. The van der Waals surface area contributed by atoms with Gasteiger partial charge in [0.05, 0.1) is 0 Å². The van der Waals surface area contributed by atoms with E-state index in [9.17, 15) is 0 Å². The molecule has 0 aromatic carbocycles. The van der Waals surface area contributed by atoms with E-state index in [1.807, 2.05) is 11.9 Å². The van der Waals surface area contributed by atoms with Crippen molar-refractivity contribution in [1.82, 2.24) is 4.72 Å². The fourth-order valence-corrected chi connectivity index (χ4v) is 2.38. The van der Waals surface area contributed by atoms with Crippen molar-refractivity contribution in [2.24, 2.45) is 5.41 Å². The number of rotatable bonds is 0. The molecule has 0 bridgehead atoms. The van der Waals surface area contributed by atoms with Crippen LogP contribution in [0.4, 0.5) is 0 Å². The summed E-state index contributed by atoms with van der Waals surface area (Å²) in [5.74, 6) is 0. The molecule has 0 radical (unpaired) electrons. The third-order valence-corrected chi connectivity index (χ3v) is 3.67. The zero-order valence-corrected chi connectivity index (χ0v) is 8.09. The Kier molecular flexibility index (Phi) is 2.31. The lowest BCUT2D eigenvalue weighted by Crippen LogP contribution is -2.21. The number of hydrogen-bond acceptors (Lipinski definition) is 2. The fourth-order valence-electron chi connectivity index (χ4n) is 1.15. The maximum Gasteiger partial charge on any atom is 0.0256 e. The van der Waals surface area contributed by atoms with Gasteiger partial charge in [-0.2, -0.15) is 0 Å². The second-order valence-corrected chi connectivity index (χ2v) is 5.27. The van der Waals surface area contributed by atoms with Gasteiger partial charge in [-0.15, -0.1) is 0 Å². The first-order valence-electron chi connectivity index (χ1n) is 3.91. The lowest BCUT2D eigenvalue weighted by atomic mass is 9.88. The summed E-state index contributed by atoms with van der Waals surface area (Å²) in [6, 6.07) is 0.703. The van der Waals surface area contributed by atoms with Gasteiger partial charge in [0, 0.05) is 11.3 Å². The minimum absolute atomic E-state index is 0.461. The van der Waals surface area contributed by atoms with Gasteiger partial charge in [0.2, 0.25) is 0 Å². The van der Waals surface area contributed by atoms with E-state index >= 15 is 0 Å². The molecule has 1 fully saturated rings. The molecule has 0 aliphatic carbocycles. The van der Waals surface area contributed by atoms with Crippen LogP contribution in [0.25, 0.3) is 0 Å². The Morgan fingerprint density at radius 2 is 2.00 bits per heavy atom. The molecule has 2 heteroatoms. The molecule has 1 heterocycles. The third-order valence-electron chi connectivity index (χ3n) is 1.95. The van der Waals surface area contributed by atoms with Crippen LogP contribution >= 0.6 is 11.9 Å². The van der Waals surface area contributed by atoms with Crippen LogP contribution in [-0.4, -0.2) is 11.3 Å². The number of nitrogens with one attached hydrogen (secondary N) is 1. The Bertz CT molecular complexity index is 117. The molecule has 2 atom stereocenters. The first kappa shape index (κ1) is 8.41. The van der Waals surface area contributed by atoms with Gasteiger partial charge in [-0.25, -0.2) is 0 Å². The average Bonchev–Trinajstić information content (AvgIpc) is 2.11. The topological polar surface area (TPSA) is 12.0 Å². The normalized spacial score (nSPS) is 34.8. The molecule has 1 N–H and O–H groups in total. The lowest BCUT2D eigenvalue weighted by Gasteiger charge is -2.24. The van der Waals surface area contributed by atoms with Crippen LogP contribution in [0, 0.1) is 5.41 Å². The highest BCUT2D eigenvalue weighted by Gasteiger charge is 2.31. The van der Waals surface area contributed by atoms with E-state index in [0.717, 1.165) is 5.25 Å². The average molecular weight is 159 g/mol. The van der Waals surface area contributed by atoms with Crippen LogP contribution in [0.15, 0.2) is 0 Å². The van der Waals surface area contributed by atoms with E-state index < -0.39 is 0 Å². The van der Waals surface area contributed by atoms with Crippen molar-refractivity contribution in [3.05, 3.63) is 0 Å². The Morgan fingerprint density at radius 3 is 2.20 bits per heavy atom. The Hall–Kier alpha value is 0.310. The van der Waals surface area contributed by atoms with Crippen LogP contribution in [-0.2, 0) is 0 Å². The monoisotopic (exact) mass is 159 g/mol. The van der Waals surface area contributed by atoms with Crippen molar-refractivity contribution in [2.45, 2.75) is 45.4 Å². The standard InChI is InChI=1S/C8H17NS/c1-6-5-7(10-9-6)8(2,3)4/h6-7,9H,5H2,1-4H3. The van der Waals surface area contributed by atoms with Crippen molar-refractivity contribution in [3.8, 4) is 0 Å². The van der Waals surface area contributed by atoms with Gasteiger partial charge in [-0.05, 0) is 18.8 Å². The van der Waals surface area contributed by atoms with E-state index in [2.05, 4.69) is 32.4 Å². The highest BCUT2D eigenvalue weighted by Crippen LogP contribution is 2.36. The van der Waals surface area contributed by atoms with Gasteiger partial charge in [0.25, 0.3) is 0 Å². The van der Waals surface area contributed by atoms with Gasteiger partial charge in [-0.1, -0.05) is 32.7 Å². The summed E-state index contributed by atoms with van der Waals surface area (Å²) in [5.41, 5.74) is 0.461. The summed E-state index contributed by atoms with van der Waals surface area (Å²) in [6.07, 6.45) is 1.31. The van der Waals surface area contributed by atoms with Gasteiger partial charge in [0.1, 0.15) is 0 Å². The largest absolute Gasteiger partial charge is 0.261 e. The maximum atomic E-state index is 3.39. The summed E-state index contributed by atoms with van der Waals surface area (Å²) >= 11 is 1.91. The van der Waals surface area contributed by atoms with E-state index in [1.165, 1.54) is 6.42 Å². The summed E-state index contributed by atoms with van der Waals surface area (Å²) in [5, 5.41) is 0.794. The predicted octanol–water partition coefficient (Wildman–Crippen LogP) is 2.43. The molecule has 1 rings (SSSR count). The summed E-state index contributed by atoms with van der Waals surface area (Å²) in [7, 11) is 0. The van der Waals surface area contributed by atoms with Crippen LogP contribution < -0.4 is 4.72 Å². The molecule has 0 aromatic heterocycles. The molecular weight excluding hydrogens is 142 g/mol. The van der Waals surface area contributed by atoms with Crippen molar-refractivity contribution in [2.75, 3.05) is 0 Å². The first-order valence-corrected chi connectivity index (χ1v) is 4.79. The Labute approximate surface area is 68.1 Å². The SMILES string of the molecule is CC1CC(C(C)(C)C)SN1. The number of hydrogen-bond donors (Lipinski definition) is 1. The second-order valence-electron chi connectivity index (χ2n) is 4.23. The lowest BCUT2D eigenvalue weighted by molar-refractivity contribution is 0.378. The summed E-state index contributed by atoms with van der Waals surface area (Å²) in [6.45, 7) is 9.18. The van der Waals surface area contributed by atoms with Gasteiger partial charge < -0.3 is 0 Å². The van der Waals surface area contributed by atoms with Crippen molar-refractivity contribution in [3.63, 3.8) is 0 Å². The molecule has 1 nitrogen and oxygen atoms in total. The molecule has 1 aliphatic heterocycles. The van der Waals surface area contributed by atoms with E-state index in [4.69, 9.17) is 0 Å². The van der Waals surface area contributed by atoms with E-state index in [0.29, 0.717) is 11.5 Å². The van der Waals surface area contributed by atoms with Crippen molar-refractivity contribution < 1.29 is 0 Å². The second kappa shape index (κ2) is 2.74. The van der Waals surface area contributed by atoms with Gasteiger partial charge in [-0.3, -0.25) is 4.72 Å². The Balaban J connectivity index is 2.45. The van der Waals surface area contributed by atoms with Crippen molar-refractivity contribution >= 4 is 11.9 Å².